The van der Waals surface area contributed by atoms with Crippen molar-refractivity contribution >= 4 is 27.4 Å². The molecule has 0 bridgehead atoms. The van der Waals surface area contributed by atoms with Crippen LogP contribution in [0.15, 0.2) is 42.5 Å². The van der Waals surface area contributed by atoms with Gasteiger partial charge in [-0.2, -0.15) is 13.2 Å². The van der Waals surface area contributed by atoms with E-state index in [4.69, 9.17) is 9.84 Å². The monoisotopic (exact) mass is 469 g/mol. The number of methoxy groups -OCH3 is 1. The molecule has 0 amide bonds. The van der Waals surface area contributed by atoms with Crippen molar-refractivity contribution in [3.63, 3.8) is 0 Å². The number of thiophene rings is 1. The molecule has 0 aliphatic heterocycles. The first-order chi connectivity index (χ1) is 15.3. The van der Waals surface area contributed by atoms with Gasteiger partial charge in [0.2, 0.25) is 0 Å². The quantitative estimate of drug-likeness (QED) is 0.359. The molecule has 4 nitrogen and oxygen atoms in total. The molecule has 0 saturated heterocycles. The Labute approximate surface area is 191 Å². The van der Waals surface area contributed by atoms with Crippen molar-refractivity contribution < 1.29 is 27.8 Å². The molecule has 0 aliphatic rings. The molecule has 0 fully saturated rings. The van der Waals surface area contributed by atoms with E-state index in [0.717, 1.165) is 26.6 Å². The van der Waals surface area contributed by atoms with Crippen LogP contribution in [0.25, 0.3) is 20.5 Å². The minimum atomic E-state index is -4.49. The van der Waals surface area contributed by atoms with E-state index in [0.29, 0.717) is 18.7 Å². The highest BCUT2D eigenvalue weighted by atomic mass is 32.1. The molecule has 0 aliphatic carbocycles. The van der Waals surface area contributed by atoms with Gasteiger partial charge in [-0.1, -0.05) is 33.8 Å². The number of rotatable bonds is 7. The number of carboxylic acid groups (broad SMARTS) is 1. The molecule has 1 aromatic heterocycles. The van der Waals surface area contributed by atoms with Crippen molar-refractivity contribution in [2.24, 2.45) is 0 Å². The summed E-state index contributed by atoms with van der Waals surface area (Å²) in [5, 5.41) is 12.6. The minimum Gasteiger partial charge on any atom is -0.496 e. The number of hydrogen-bond acceptors (Lipinski definition) is 4. The Bertz CT molecular complexity index is 1000. The molecule has 2 aromatic carbocycles. The fraction of sp³-hybridized carbons (Fsp3) is 0.375. The molecule has 32 heavy (non-hydrogen) atoms. The summed E-state index contributed by atoms with van der Waals surface area (Å²) in [7, 11) is 1.22. The summed E-state index contributed by atoms with van der Waals surface area (Å²) in [6.07, 6.45) is -4.45. The predicted octanol–water partition coefficient (Wildman–Crippen LogP) is 7.21. The summed E-state index contributed by atoms with van der Waals surface area (Å²) >= 11 is 1.42. The zero-order valence-electron chi connectivity index (χ0n) is 19.0. The molecule has 3 rings (SSSR count). The average Bonchev–Trinajstić information content (AvgIpc) is 3.22. The zero-order valence-corrected chi connectivity index (χ0v) is 19.8. The lowest BCUT2D eigenvalue weighted by Gasteiger charge is -2.12. The maximum atomic E-state index is 13.3. The molecular weight excluding hydrogens is 439 g/mol. The van der Waals surface area contributed by atoms with Crippen molar-refractivity contribution in [1.82, 2.24) is 5.32 Å². The second kappa shape index (κ2) is 13.1. The molecule has 0 saturated carbocycles. The van der Waals surface area contributed by atoms with Gasteiger partial charge in [0.15, 0.2) is 0 Å². The van der Waals surface area contributed by atoms with Gasteiger partial charge in [0.1, 0.15) is 5.75 Å². The highest BCUT2D eigenvalue weighted by Crippen LogP contribution is 2.41. The van der Waals surface area contributed by atoms with Gasteiger partial charge in [-0.15, -0.1) is 11.3 Å². The molecule has 3 aromatic rings. The summed E-state index contributed by atoms with van der Waals surface area (Å²) < 4.78 is 45.6. The first-order valence-corrected chi connectivity index (χ1v) is 11.3. The van der Waals surface area contributed by atoms with E-state index in [-0.39, 0.29) is 12.2 Å². The molecule has 0 unspecified atom stereocenters. The van der Waals surface area contributed by atoms with Crippen molar-refractivity contribution in [2.75, 3.05) is 13.7 Å². The van der Waals surface area contributed by atoms with E-state index in [9.17, 15) is 18.0 Å². The Morgan fingerprint density at radius 3 is 2.34 bits per heavy atom. The SMILES string of the molecule is CC.CC.COc1ccc(-c2cc3cc(CNCCC(=O)O)ccc3s2)cc1C(F)(F)F. The first-order valence-electron chi connectivity index (χ1n) is 10.5. The summed E-state index contributed by atoms with van der Waals surface area (Å²) in [4.78, 5) is 11.3. The normalized spacial score (nSPS) is 10.6. The number of hydrogen-bond donors (Lipinski definition) is 2. The fourth-order valence-electron chi connectivity index (χ4n) is 2.86. The lowest BCUT2D eigenvalue weighted by atomic mass is 10.1. The van der Waals surface area contributed by atoms with Gasteiger partial charge in [-0.05, 0) is 52.9 Å². The first kappa shape index (κ1) is 27.5. The number of alkyl halides is 3. The third-order valence-electron chi connectivity index (χ3n) is 4.21. The van der Waals surface area contributed by atoms with Crippen LogP contribution in [-0.4, -0.2) is 24.7 Å². The Morgan fingerprint density at radius 2 is 1.75 bits per heavy atom. The van der Waals surface area contributed by atoms with E-state index in [1.54, 1.807) is 6.07 Å². The molecule has 2 N–H and O–H groups in total. The summed E-state index contributed by atoms with van der Waals surface area (Å²) in [5.41, 5.74) is 0.664. The van der Waals surface area contributed by atoms with Crippen LogP contribution < -0.4 is 10.1 Å². The Kier molecular flexibility index (Phi) is 11.2. The number of nitrogens with one attached hydrogen (secondary N) is 1. The molecule has 176 valence electrons. The number of ether oxygens (including phenoxy) is 1. The third kappa shape index (κ3) is 7.53. The smallest absolute Gasteiger partial charge is 0.419 e. The molecular formula is C24H30F3NO3S. The van der Waals surface area contributed by atoms with Crippen LogP contribution in [0.3, 0.4) is 0 Å². The lowest BCUT2D eigenvalue weighted by Crippen LogP contribution is -2.17. The molecule has 0 spiro atoms. The topological polar surface area (TPSA) is 58.6 Å². The van der Waals surface area contributed by atoms with E-state index in [1.807, 2.05) is 52.0 Å². The van der Waals surface area contributed by atoms with Gasteiger partial charge in [0.25, 0.3) is 0 Å². The van der Waals surface area contributed by atoms with E-state index >= 15 is 0 Å². The second-order valence-electron chi connectivity index (χ2n) is 6.22. The minimum absolute atomic E-state index is 0.0455. The Balaban J connectivity index is 0.00000121. The number of fused-ring (bicyclic) bond motifs is 1. The molecule has 8 heteroatoms. The number of carbonyl (C=O) groups is 1. The van der Waals surface area contributed by atoms with Crippen LogP contribution in [0.4, 0.5) is 13.2 Å². The lowest BCUT2D eigenvalue weighted by molar-refractivity contribution is -0.139. The van der Waals surface area contributed by atoms with Gasteiger partial charge >= 0.3 is 12.1 Å². The second-order valence-corrected chi connectivity index (χ2v) is 7.30. The van der Waals surface area contributed by atoms with Crippen LogP contribution in [0, 0.1) is 0 Å². The third-order valence-corrected chi connectivity index (χ3v) is 5.38. The number of halogens is 3. The van der Waals surface area contributed by atoms with Crippen LogP contribution in [0.5, 0.6) is 5.75 Å². The number of carboxylic acids is 1. The summed E-state index contributed by atoms with van der Waals surface area (Å²) in [6, 6.07) is 11.7. The zero-order chi connectivity index (χ0) is 24.3. The van der Waals surface area contributed by atoms with Gasteiger partial charge < -0.3 is 15.2 Å². The maximum absolute atomic E-state index is 13.3. The largest absolute Gasteiger partial charge is 0.496 e. The molecule has 1 heterocycles. The average molecular weight is 470 g/mol. The van der Waals surface area contributed by atoms with Crippen LogP contribution in [-0.2, 0) is 17.5 Å². The van der Waals surface area contributed by atoms with Gasteiger partial charge in [-0.3, -0.25) is 4.79 Å². The highest BCUT2D eigenvalue weighted by Gasteiger charge is 2.34. The molecule has 0 atom stereocenters. The van der Waals surface area contributed by atoms with Gasteiger partial charge in [0.05, 0.1) is 19.1 Å². The van der Waals surface area contributed by atoms with Crippen molar-refractivity contribution in [2.45, 2.75) is 46.8 Å². The maximum Gasteiger partial charge on any atom is 0.419 e. The number of aliphatic carboxylic acids is 1. The van der Waals surface area contributed by atoms with E-state index in [2.05, 4.69) is 5.32 Å². The Hall–Kier alpha value is -2.58. The van der Waals surface area contributed by atoms with Crippen molar-refractivity contribution in [1.29, 1.82) is 0 Å². The van der Waals surface area contributed by atoms with E-state index < -0.39 is 17.7 Å². The Morgan fingerprint density at radius 1 is 1.06 bits per heavy atom. The van der Waals surface area contributed by atoms with Crippen LogP contribution >= 0.6 is 11.3 Å². The summed E-state index contributed by atoms with van der Waals surface area (Å²) in [5.74, 6) is -1.06. The van der Waals surface area contributed by atoms with Gasteiger partial charge in [-0.25, -0.2) is 0 Å². The van der Waals surface area contributed by atoms with Crippen molar-refractivity contribution in [3.8, 4) is 16.2 Å². The van der Waals surface area contributed by atoms with Crippen LogP contribution in [0.1, 0.15) is 45.2 Å². The fourth-order valence-corrected chi connectivity index (χ4v) is 3.90. The number of benzene rings is 2. The summed E-state index contributed by atoms with van der Waals surface area (Å²) in [6.45, 7) is 8.89. The predicted molar refractivity (Wildman–Crippen MR) is 125 cm³/mol. The van der Waals surface area contributed by atoms with Crippen LogP contribution in [0.2, 0.25) is 0 Å². The highest BCUT2D eigenvalue weighted by molar-refractivity contribution is 7.22. The van der Waals surface area contributed by atoms with Gasteiger partial charge in [0, 0.05) is 22.7 Å². The standard InChI is InChI=1S/C20H18F3NO3S.2C2H6/c1-27-16-4-3-13(9-15(16)20(21,22)23)18-10-14-8-12(2-5-17(14)28-18)11-24-7-6-19(25)26;2*1-2/h2-5,8-10,24H,6-7,11H2,1H3,(H,25,26);2*1-2H3. The van der Waals surface area contributed by atoms with E-state index in [1.165, 1.54) is 24.5 Å². The van der Waals surface area contributed by atoms with Crippen molar-refractivity contribution in [3.05, 3.63) is 53.6 Å². The molecule has 0 radical (unpaired) electrons.